The number of rotatable bonds is 4. The highest BCUT2D eigenvalue weighted by atomic mass is 16.2. The lowest BCUT2D eigenvalue weighted by atomic mass is 9.88. The number of hydrogen-bond donors (Lipinski definition) is 3. The molecule has 2 rings (SSSR count). The number of amides is 2. The Morgan fingerprint density at radius 1 is 1.30 bits per heavy atom. The van der Waals surface area contributed by atoms with E-state index in [0.717, 1.165) is 43.4 Å². The predicted molar refractivity (Wildman–Crippen MR) is 82.4 cm³/mol. The minimum atomic E-state index is -0.231. The van der Waals surface area contributed by atoms with E-state index in [-0.39, 0.29) is 17.6 Å². The van der Waals surface area contributed by atoms with Gasteiger partial charge in [-0.2, -0.15) is 0 Å². The lowest BCUT2D eigenvalue weighted by Crippen LogP contribution is -2.50. The van der Waals surface area contributed by atoms with Gasteiger partial charge < -0.3 is 16.4 Å². The van der Waals surface area contributed by atoms with Crippen LogP contribution in [0.1, 0.15) is 51.5 Å². The first kappa shape index (κ1) is 14.7. The molecule has 1 aliphatic carbocycles. The summed E-state index contributed by atoms with van der Waals surface area (Å²) in [6, 6.07) is 8.00. The first-order valence-electron chi connectivity index (χ1n) is 7.50. The summed E-state index contributed by atoms with van der Waals surface area (Å²) in [6.45, 7) is 4.08. The molecule has 1 atom stereocenters. The van der Waals surface area contributed by atoms with Crippen LogP contribution in [0.4, 0.5) is 10.5 Å². The summed E-state index contributed by atoms with van der Waals surface area (Å²) >= 11 is 0. The van der Waals surface area contributed by atoms with E-state index < -0.39 is 0 Å². The third-order valence-corrected chi connectivity index (χ3v) is 4.26. The number of carbonyl (C=O) groups is 1. The summed E-state index contributed by atoms with van der Waals surface area (Å²) in [5.74, 6) is 0. The van der Waals surface area contributed by atoms with Crippen LogP contribution in [0.15, 0.2) is 24.3 Å². The highest BCUT2D eigenvalue weighted by Gasteiger charge is 2.37. The fourth-order valence-electron chi connectivity index (χ4n) is 2.85. The van der Waals surface area contributed by atoms with Crippen molar-refractivity contribution < 1.29 is 4.79 Å². The maximum Gasteiger partial charge on any atom is 0.315 e. The average Bonchev–Trinajstić information content (AvgIpc) is 2.88. The van der Waals surface area contributed by atoms with Crippen LogP contribution >= 0.6 is 0 Å². The number of hydrogen-bond acceptors (Lipinski definition) is 2. The van der Waals surface area contributed by atoms with E-state index in [1.165, 1.54) is 0 Å². The Kier molecular flexibility index (Phi) is 4.53. The van der Waals surface area contributed by atoms with Gasteiger partial charge in [0.05, 0.1) is 5.54 Å². The van der Waals surface area contributed by atoms with Crippen LogP contribution in [0, 0.1) is 0 Å². The van der Waals surface area contributed by atoms with Crippen molar-refractivity contribution in [1.29, 1.82) is 0 Å². The van der Waals surface area contributed by atoms with Gasteiger partial charge in [-0.25, -0.2) is 4.79 Å². The second-order valence-corrected chi connectivity index (χ2v) is 5.82. The van der Waals surface area contributed by atoms with Crippen molar-refractivity contribution in [3.63, 3.8) is 0 Å². The van der Waals surface area contributed by atoms with Crippen molar-refractivity contribution >= 4 is 11.7 Å². The zero-order valence-electron chi connectivity index (χ0n) is 12.4. The number of nitrogen functional groups attached to an aromatic ring is 1. The minimum Gasteiger partial charge on any atom is -0.399 e. The third-order valence-electron chi connectivity index (χ3n) is 4.26. The van der Waals surface area contributed by atoms with Crippen LogP contribution in [-0.4, -0.2) is 12.1 Å². The standard InChI is InChI=1S/C16H25N3O/c1-3-12(2)18-15(20)19-16(10-4-5-11-16)13-6-8-14(17)9-7-13/h6-9,12H,3-5,10-11,17H2,1-2H3,(H2,18,19,20). The Morgan fingerprint density at radius 2 is 1.90 bits per heavy atom. The van der Waals surface area contributed by atoms with Gasteiger partial charge in [0.25, 0.3) is 0 Å². The molecule has 1 aromatic rings. The largest absolute Gasteiger partial charge is 0.399 e. The molecule has 0 radical (unpaired) electrons. The van der Waals surface area contributed by atoms with Crippen molar-refractivity contribution in [2.75, 3.05) is 5.73 Å². The number of carbonyl (C=O) groups excluding carboxylic acids is 1. The van der Waals surface area contributed by atoms with Crippen molar-refractivity contribution in [1.82, 2.24) is 10.6 Å². The Hall–Kier alpha value is -1.71. The first-order valence-corrected chi connectivity index (χ1v) is 7.50. The molecule has 0 heterocycles. The van der Waals surface area contributed by atoms with Crippen LogP contribution in [0.25, 0.3) is 0 Å². The van der Waals surface area contributed by atoms with E-state index in [2.05, 4.69) is 17.6 Å². The second-order valence-electron chi connectivity index (χ2n) is 5.82. The maximum absolute atomic E-state index is 12.2. The minimum absolute atomic E-state index is 0.0712. The molecular formula is C16H25N3O. The molecule has 0 aliphatic heterocycles. The molecule has 1 unspecified atom stereocenters. The van der Waals surface area contributed by atoms with Gasteiger partial charge in [-0.3, -0.25) is 0 Å². The van der Waals surface area contributed by atoms with E-state index in [9.17, 15) is 4.79 Å². The Bertz CT molecular complexity index is 449. The molecule has 1 saturated carbocycles. The van der Waals surface area contributed by atoms with Gasteiger partial charge in [-0.15, -0.1) is 0 Å². The van der Waals surface area contributed by atoms with Gasteiger partial charge in [0.1, 0.15) is 0 Å². The van der Waals surface area contributed by atoms with E-state index in [1.54, 1.807) is 0 Å². The topological polar surface area (TPSA) is 67.2 Å². The molecule has 1 aliphatic rings. The predicted octanol–water partition coefficient (Wildman–Crippen LogP) is 3.14. The first-order chi connectivity index (χ1) is 9.55. The summed E-state index contributed by atoms with van der Waals surface area (Å²) in [6.07, 6.45) is 5.21. The Balaban J connectivity index is 2.13. The molecular weight excluding hydrogens is 250 g/mol. The van der Waals surface area contributed by atoms with E-state index >= 15 is 0 Å². The third kappa shape index (κ3) is 3.24. The second kappa shape index (κ2) is 6.16. The molecule has 0 spiro atoms. The van der Waals surface area contributed by atoms with E-state index in [1.807, 2.05) is 31.2 Å². The number of nitrogens with two attached hydrogens (primary N) is 1. The molecule has 0 aromatic heterocycles. The van der Waals surface area contributed by atoms with Crippen molar-refractivity contribution in [2.24, 2.45) is 0 Å². The van der Waals surface area contributed by atoms with E-state index in [0.29, 0.717) is 0 Å². The summed E-state index contributed by atoms with van der Waals surface area (Å²) in [7, 11) is 0. The lowest BCUT2D eigenvalue weighted by molar-refractivity contribution is 0.221. The molecule has 2 amide bonds. The molecule has 0 bridgehead atoms. The van der Waals surface area contributed by atoms with Gasteiger partial charge in [0.15, 0.2) is 0 Å². The molecule has 0 saturated heterocycles. The quantitative estimate of drug-likeness (QED) is 0.739. The van der Waals surface area contributed by atoms with Crippen LogP contribution in [0.2, 0.25) is 0 Å². The molecule has 1 fully saturated rings. The summed E-state index contributed by atoms with van der Waals surface area (Å²) in [5.41, 5.74) is 7.43. The van der Waals surface area contributed by atoms with Gasteiger partial charge in [-0.05, 0) is 43.9 Å². The van der Waals surface area contributed by atoms with Crippen LogP contribution in [0.3, 0.4) is 0 Å². The molecule has 1 aromatic carbocycles. The smallest absolute Gasteiger partial charge is 0.315 e. The molecule has 4 nitrogen and oxygen atoms in total. The van der Waals surface area contributed by atoms with Crippen molar-refractivity contribution in [3.8, 4) is 0 Å². The van der Waals surface area contributed by atoms with E-state index in [4.69, 9.17) is 5.73 Å². The monoisotopic (exact) mass is 275 g/mol. The van der Waals surface area contributed by atoms with Gasteiger partial charge >= 0.3 is 6.03 Å². The maximum atomic E-state index is 12.2. The van der Waals surface area contributed by atoms with Crippen LogP contribution < -0.4 is 16.4 Å². The van der Waals surface area contributed by atoms with Gasteiger partial charge in [0, 0.05) is 11.7 Å². The SMILES string of the molecule is CCC(C)NC(=O)NC1(c2ccc(N)cc2)CCCC1. The Labute approximate surface area is 121 Å². The number of anilines is 1. The number of urea groups is 1. The highest BCUT2D eigenvalue weighted by Crippen LogP contribution is 2.38. The van der Waals surface area contributed by atoms with Crippen LogP contribution in [-0.2, 0) is 5.54 Å². The van der Waals surface area contributed by atoms with Gasteiger partial charge in [0.2, 0.25) is 0 Å². The van der Waals surface area contributed by atoms with Crippen molar-refractivity contribution in [3.05, 3.63) is 29.8 Å². The average molecular weight is 275 g/mol. The van der Waals surface area contributed by atoms with Crippen molar-refractivity contribution in [2.45, 2.75) is 57.5 Å². The fraction of sp³-hybridized carbons (Fsp3) is 0.562. The van der Waals surface area contributed by atoms with Crippen LogP contribution in [0.5, 0.6) is 0 Å². The number of nitrogens with one attached hydrogen (secondary N) is 2. The zero-order valence-corrected chi connectivity index (χ0v) is 12.4. The normalized spacial score (nSPS) is 18.5. The molecule has 4 N–H and O–H groups in total. The molecule has 20 heavy (non-hydrogen) atoms. The Morgan fingerprint density at radius 3 is 2.45 bits per heavy atom. The number of benzene rings is 1. The summed E-state index contributed by atoms with van der Waals surface area (Å²) in [5, 5.41) is 6.19. The highest BCUT2D eigenvalue weighted by molar-refractivity contribution is 5.75. The zero-order chi connectivity index (χ0) is 14.6. The fourth-order valence-corrected chi connectivity index (χ4v) is 2.85. The lowest BCUT2D eigenvalue weighted by Gasteiger charge is -2.31. The summed E-state index contributed by atoms with van der Waals surface area (Å²) < 4.78 is 0. The summed E-state index contributed by atoms with van der Waals surface area (Å²) in [4.78, 5) is 12.2. The molecule has 110 valence electrons. The van der Waals surface area contributed by atoms with Gasteiger partial charge in [-0.1, -0.05) is 31.9 Å². The molecule has 4 heteroatoms.